The van der Waals surface area contributed by atoms with Crippen molar-refractivity contribution in [2.75, 3.05) is 31.1 Å². The lowest BCUT2D eigenvalue weighted by Crippen LogP contribution is -3.13. The van der Waals surface area contributed by atoms with Gasteiger partial charge in [-0.15, -0.1) is 0 Å². The third-order valence-corrected chi connectivity index (χ3v) is 4.63. The highest BCUT2D eigenvalue weighted by Gasteiger charge is 2.22. The summed E-state index contributed by atoms with van der Waals surface area (Å²) in [6, 6.07) is 10.4. The van der Waals surface area contributed by atoms with E-state index in [1.54, 1.807) is 6.07 Å². The lowest BCUT2D eigenvalue weighted by atomic mass is 10.1. The molecule has 1 aliphatic rings. The van der Waals surface area contributed by atoms with E-state index in [2.05, 4.69) is 36.9 Å². The van der Waals surface area contributed by atoms with Gasteiger partial charge >= 0.3 is 0 Å². The van der Waals surface area contributed by atoms with Crippen LogP contribution in [-0.4, -0.2) is 26.2 Å². The quantitative estimate of drug-likeness (QED) is 0.914. The van der Waals surface area contributed by atoms with E-state index in [4.69, 9.17) is 0 Å². The Kier molecular flexibility index (Phi) is 4.62. The Bertz CT molecular complexity index is 692. The van der Waals surface area contributed by atoms with Crippen LogP contribution in [-0.2, 0) is 6.54 Å². The monoisotopic (exact) mass is 317 g/mol. The molecule has 0 saturated carbocycles. The molecule has 0 unspecified atom stereocenters. The molecule has 2 aromatic carbocycles. The van der Waals surface area contributed by atoms with E-state index in [0.29, 0.717) is 12.1 Å². The topological polar surface area (TPSA) is 7.68 Å². The molecule has 1 N–H and O–H groups in total. The number of hydrogen-bond acceptors (Lipinski definition) is 1. The fourth-order valence-electron chi connectivity index (χ4n) is 3.24. The van der Waals surface area contributed by atoms with Crippen LogP contribution in [0.4, 0.5) is 14.5 Å². The molecule has 1 saturated heterocycles. The molecule has 1 fully saturated rings. The van der Waals surface area contributed by atoms with Crippen molar-refractivity contribution in [3.63, 3.8) is 0 Å². The van der Waals surface area contributed by atoms with Crippen LogP contribution in [0, 0.1) is 25.5 Å². The SMILES string of the molecule is Cc1ccc(C)c(N2CC[NH+](Cc3ccc(F)cc3F)CC2)c1. The molecular weight excluding hydrogens is 294 g/mol. The van der Waals surface area contributed by atoms with Gasteiger partial charge < -0.3 is 9.80 Å². The van der Waals surface area contributed by atoms with Crippen LogP contribution in [0.25, 0.3) is 0 Å². The predicted octanol–water partition coefficient (Wildman–Crippen LogP) is 2.49. The molecule has 0 aromatic heterocycles. The summed E-state index contributed by atoms with van der Waals surface area (Å²) >= 11 is 0. The number of hydrogen-bond donors (Lipinski definition) is 1. The van der Waals surface area contributed by atoms with Crippen LogP contribution < -0.4 is 9.80 Å². The van der Waals surface area contributed by atoms with Gasteiger partial charge in [0.2, 0.25) is 0 Å². The van der Waals surface area contributed by atoms with Gasteiger partial charge in [0.1, 0.15) is 18.2 Å². The van der Waals surface area contributed by atoms with E-state index in [-0.39, 0.29) is 0 Å². The fraction of sp³-hybridized carbons (Fsp3) is 0.368. The summed E-state index contributed by atoms with van der Waals surface area (Å²) < 4.78 is 26.8. The predicted molar refractivity (Wildman–Crippen MR) is 88.9 cm³/mol. The van der Waals surface area contributed by atoms with Gasteiger partial charge in [-0.1, -0.05) is 12.1 Å². The average molecular weight is 317 g/mol. The molecular formula is C19H23F2N2+. The van der Waals surface area contributed by atoms with E-state index in [1.165, 1.54) is 27.8 Å². The zero-order chi connectivity index (χ0) is 16.4. The van der Waals surface area contributed by atoms with E-state index in [9.17, 15) is 8.78 Å². The van der Waals surface area contributed by atoms with Gasteiger partial charge in [0.25, 0.3) is 0 Å². The number of halogens is 2. The second-order valence-electron chi connectivity index (χ2n) is 6.44. The Hall–Kier alpha value is -1.94. The van der Waals surface area contributed by atoms with Crippen molar-refractivity contribution in [1.29, 1.82) is 0 Å². The first-order chi connectivity index (χ1) is 11.0. The number of quaternary nitrogens is 1. The Morgan fingerprint density at radius 3 is 2.43 bits per heavy atom. The number of rotatable bonds is 3. The van der Waals surface area contributed by atoms with Crippen LogP contribution >= 0.6 is 0 Å². The maximum Gasteiger partial charge on any atom is 0.134 e. The molecule has 1 heterocycles. The van der Waals surface area contributed by atoms with E-state index >= 15 is 0 Å². The number of piperazine rings is 1. The maximum atomic E-state index is 13.8. The summed E-state index contributed by atoms with van der Waals surface area (Å²) in [5.74, 6) is -0.949. The summed E-state index contributed by atoms with van der Waals surface area (Å²) in [5, 5.41) is 0. The molecule has 0 atom stereocenters. The highest BCUT2D eigenvalue weighted by atomic mass is 19.1. The summed E-state index contributed by atoms with van der Waals surface area (Å²) in [4.78, 5) is 3.75. The number of benzene rings is 2. The van der Waals surface area contributed by atoms with Crippen molar-refractivity contribution in [2.24, 2.45) is 0 Å². The number of nitrogens with one attached hydrogen (secondary N) is 1. The van der Waals surface area contributed by atoms with Crippen molar-refractivity contribution >= 4 is 5.69 Å². The first-order valence-corrected chi connectivity index (χ1v) is 8.12. The summed E-state index contributed by atoms with van der Waals surface area (Å²) in [6.07, 6.45) is 0. The second-order valence-corrected chi connectivity index (χ2v) is 6.44. The minimum absolute atomic E-state index is 0.436. The van der Waals surface area contributed by atoms with Gasteiger partial charge in [0.15, 0.2) is 0 Å². The first kappa shape index (κ1) is 15.9. The fourth-order valence-corrected chi connectivity index (χ4v) is 3.24. The van der Waals surface area contributed by atoms with Crippen LogP contribution in [0.2, 0.25) is 0 Å². The first-order valence-electron chi connectivity index (χ1n) is 8.12. The standard InChI is InChI=1S/C19H22F2N2/c1-14-3-4-15(2)19(11-14)23-9-7-22(8-10-23)13-16-5-6-17(20)12-18(16)21/h3-6,11-12H,7-10,13H2,1-2H3/p+1. The summed E-state index contributed by atoms with van der Waals surface area (Å²) in [6.45, 7) is 8.72. The van der Waals surface area contributed by atoms with Gasteiger partial charge in [-0.05, 0) is 43.2 Å². The van der Waals surface area contributed by atoms with Crippen molar-refractivity contribution in [3.05, 3.63) is 64.7 Å². The lowest BCUT2D eigenvalue weighted by molar-refractivity contribution is -0.914. The van der Waals surface area contributed by atoms with Gasteiger partial charge in [-0.3, -0.25) is 0 Å². The molecule has 1 aliphatic heterocycles. The molecule has 0 aliphatic carbocycles. The van der Waals surface area contributed by atoms with Crippen molar-refractivity contribution in [3.8, 4) is 0 Å². The molecule has 122 valence electrons. The number of aryl methyl sites for hydroxylation is 2. The normalized spacial score (nSPS) is 15.9. The maximum absolute atomic E-state index is 13.8. The molecule has 2 aromatic rings. The largest absolute Gasteiger partial charge is 0.360 e. The molecule has 23 heavy (non-hydrogen) atoms. The second kappa shape index (κ2) is 6.67. The van der Waals surface area contributed by atoms with E-state index in [1.807, 2.05) is 0 Å². The Labute approximate surface area is 136 Å². The lowest BCUT2D eigenvalue weighted by Gasteiger charge is -2.34. The summed E-state index contributed by atoms with van der Waals surface area (Å²) in [7, 11) is 0. The summed E-state index contributed by atoms with van der Waals surface area (Å²) in [5.41, 5.74) is 4.47. The molecule has 0 bridgehead atoms. The Balaban J connectivity index is 1.63. The molecule has 3 rings (SSSR count). The van der Waals surface area contributed by atoms with Crippen LogP contribution in [0.15, 0.2) is 36.4 Å². The van der Waals surface area contributed by atoms with Gasteiger partial charge in [0, 0.05) is 17.3 Å². The van der Waals surface area contributed by atoms with E-state index < -0.39 is 11.6 Å². The molecule has 0 radical (unpaired) electrons. The zero-order valence-electron chi connectivity index (χ0n) is 13.7. The van der Waals surface area contributed by atoms with Crippen LogP contribution in [0.3, 0.4) is 0 Å². The van der Waals surface area contributed by atoms with Crippen molar-refractivity contribution in [2.45, 2.75) is 20.4 Å². The third-order valence-electron chi connectivity index (χ3n) is 4.63. The Morgan fingerprint density at radius 1 is 1.00 bits per heavy atom. The van der Waals surface area contributed by atoms with Crippen molar-refractivity contribution < 1.29 is 13.7 Å². The van der Waals surface area contributed by atoms with E-state index in [0.717, 1.165) is 32.2 Å². The third kappa shape index (κ3) is 3.70. The smallest absolute Gasteiger partial charge is 0.134 e. The zero-order valence-corrected chi connectivity index (χ0v) is 13.7. The average Bonchev–Trinajstić information content (AvgIpc) is 2.53. The van der Waals surface area contributed by atoms with Crippen LogP contribution in [0.1, 0.15) is 16.7 Å². The number of nitrogens with zero attached hydrogens (tertiary/aromatic N) is 1. The minimum atomic E-state index is -0.513. The Morgan fingerprint density at radius 2 is 1.74 bits per heavy atom. The molecule has 0 spiro atoms. The van der Waals surface area contributed by atoms with Gasteiger partial charge in [-0.2, -0.15) is 0 Å². The molecule has 2 nitrogen and oxygen atoms in total. The highest BCUT2D eigenvalue weighted by molar-refractivity contribution is 5.55. The highest BCUT2D eigenvalue weighted by Crippen LogP contribution is 2.21. The van der Waals surface area contributed by atoms with Crippen LogP contribution in [0.5, 0.6) is 0 Å². The van der Waals surface area contributed by atoms with Crippen molar-refractivity contribution in [1.82, 2.24) is 0 Å². The molecule has 4 heteroatoms. The minimum Gasteiger partial charge on any atom is -0.360 e. The van der Waals surface area contributed by atoms with Gasteiger partial charge in [0.05, 0.1) is 26.2 Å². The van der Waals surface area contributed by atoms with Gasteiger partial charge in [-0.25, -0.2) is 8.78 Å². The molecule has 0 amide bonds. The number of anilines is 1.